The summed E-state index contributed by atoms with van der Waals surface area (Å²) in [6.45, 7) is 7.56. The van der Waals surface area contributed by atoms with Crippen LogP contribution >= 0.6 is 0 Å². The molecule has 3 N–H and O–H groups in total. The number of hydrogen-bond acceptors (Lipinski definition) is 4. The summed E-state index contributed by atoms with van der Waals surface area (Å²) < 4.78 is 11.2. The van der Waals surface area contributed by atoms with Crippen LogP contribution in [0.4, 0.5) is 0 Å². The molecule has 1 unspecified atom stereocenters. The smallest absolute Gasteiger partial charge is 0.241 e. The van der Waals surface area contributed by atoms with Gasteiger partial charge in [-0.15, -0.1) is 0 Å². The van der Waals surface area contributed by atoms with Crippen molar-refractivity contribution in [3.05, 3.63) is 59.2 Å². The molecule has 0 aliphatic heterocycles. The lowest BCUT2D eigenvalue weighted by molar-refractivity contribution is -0.122. The van der Waals surface area contributed by atoms with Gasteiger partial charge in [-0.3, -0.25) is 4.79 Å². The number of hydrogen-bond donors (Lipinski definition) is 2. The highest BCUT2D eigenvalue weighted by Crippen LogP contribution is 2.28. The molecule has 26 heavy (non-hydrogen) atoms. The van der Waals surface area contributed by atoms with Crippen molar-refractivity contribution in [2.75, 3.05) is 19.8 Å². The van der Waals surface area contributed by atoms with E-state index in [4.69, 9.17) is 15.2 Å². The maximum Gasteiger partial charge on any atom is 0.241 e. The fraction of sp³-hybridized carbons (Fsp3) is 0.381. The van der Waals surface area contributed by atoms with Crippen LogP contribution in [-0.2, 0) is 11.2 Å². The minimum atomic E-state index is -0.657. The van der Waals surface area contributed by atoms with Crippen molar-refractivity contribution >= 4 is 5.91 Å². The van der Waals surface area contributed by atoms with Crippen molar-refractivity contribution < 1.29 is 14.3 Å². The number of nitrogens with two attached hydrogens (primary N) is 1. The fourth-order valence-electron chi connectivity index (χ4n) is 2.62. The number of ether oxygens (including phenoxy) is 2. The number of carbonyl (C=O) groups is 1. The molecule has 5 heteroatoms. The van der Waals surface area contributed by atoms with Crippen LogP contribution in [0.2, 0.25) is 0 Å². The molecule has 2 rings (SSSR count). The molecule has 1 amide bonds. The third-order valence-electron chi connectivity index (χ3n) is 4.04. The minimum absolute atomic E-state index is 0.176. The van der Waals surface area contributed by atoms with Gasteiger partial charge in [0, 0.05) is 6.54 Å². The molecule has 0 aliphatic rings. The number of carbonyl (C=O) groups excluding carboxylic acids is 1. The lowest BCUT2D eigenvalue weighted by Gasteiger charge is -2.14. The number of amides is 1. The van der Waals surface area contributed by atoms with E-state index in [1.54, 1.807) is 0 Å². The van der Waals surface area contributed by atoms with Crippen molar-refractivity contribution in [1.29, 1.82) is 0 Å². The molecule has 140 valence electrons. The maximum absolute atomic E-state index is 12.2. The highest BCUT2D eigenvalue weighted by Gasteiger charge is 2.15. The maximum atomic E-state index is 12.2. The first-order valence-corrected chi connectivity index (χ1v) is 9.03. The zero-order chi connectivity index (χ0) is 18.9. The third kappa shape index (κ3) is 5.49. The first-order chi connectivity index (χ1) is 12.5. The minimum Gasteiger partial charge on any atom is -0.490 e. The van der Waals surface area contributed by atoms with E-state index in [0.29, 0.717) is 26.2 Å². The molecule has 0 aromatic heterocycles. The number of aryl methyl sites for hydroxylation is 1. The van der Waals surface area contributed by atoms with Gasteiger partial charge in [-0.2, -0.15) is 0 Å². The molecule has 0 aliphatic carbocycles. The van der Waals surface area contributed by atoms with Gasteiger partial charge < -0.3 is 20.5 Å². The number of benzene rings is 2. The standard InChI is InChI=1S/C21H28N2O3/c1-4-25-18-11-8-16(14-19(18)26-5-2)12-13-23-21(24)20(22)17-9-6-15(3)7-10-17/h6-11,14,20H,4-5,12-13,22H2,1-3H3,(H,23,24). The summed E-state index contributed by atoms with van der Waals surface area (Å²) in [5, 5.41) is 2.90. The SMILES string of the molecule is CCOc1ccc(CCNC(=O)C(N)c2ccc(C)cc2)cc1OCC. The topological polar surface area (TPSA) is 73.6 Å². The molecular formula is C21H28N2O3. The van der Waals surface area contributed by atoms with E-state index in [1.807, 2.05) is 63.2 Å². The molecule has 0 bridgehead atoms. The third-order valence-corrected chi connectivity index (χ3v) is 4.04. The van der Waals surface area contributed by atoms with Crippen molar-refractivity contribution in [2.45, 2.75) is 33.2 Å². The van der Waals surface area contributed by atoms with Crippen LogP contribution in [0.25, 0.3) is 0 Å². The Hall–Kier alpha value is -2.53. The highest BCUT2D eigenvalue weighted by molar-refractivity contribution is 5.82. The van der Waals surface area contributed by atoms with E-state index >= 15 is 0 Å². The summed E-state index contributed by atoms with van der Waals surface area (Å²) in [6.07, 6.45) is 0.693. The van der Waals surface area contributed by atoms with E-state index in [1.165, 1.54) is 0 Å². The normalized spacial score (nSPS) is 11.7. The molecule has 0 heterocycles. The molecule has 0 radical (unpaired) electrons. The lowest BCUT2D eigenvalue weighted by Crippen LogP contribution is -2.35. The van der Waals surface area contributed by atoms with Crippen LogP contribution < -0.4 is 20.5 Å². The Morgan fingerprint density at radius 3 is 2.35 bits per heavy atom. The van der Waals surface area contributed by atoms with E-state index in [2.05, 4.69) is 5.32 Å². The molecule has 2 aromatic carbocycles. The predicted molar refractivity (Wildman–Crippen MR) is 104 cm³/mol. The summed E-state index contributed by atoms with van der Waals surface area (Å²) in [6, 6.07) is 12.9. The number of nitrogens with one attached hydrogen (secondary N) is 1. The van der Waals surface area contributed by atoms with Gasteiger partial charge in [0.2, 0.25) is 5.91 Å². The van der Waals surface area contributed by atoms with Crippen molar-refractivity contribution in [3.8, 4) is 11.5 Å². The molecule has 2 aromatic rings. The van der Waals surface area contributed by atoms with Crippen LogP contribution in [0.5, 0.6) is 11.5 Å². The Morgan fingerprint density at radius 2 is 1.69 bits per heavy atom. The fourth-order valence-corrected chi connectivity index (χ4v) is 2.62. The summed E-state index contributed by atoms with van der Waals surface area (Å²) in [5.41, 5.74) is 9.06. The molecule has 0 fully saturated rings. The van der Waals surface area contributed by atoms with E-state index in [9.17, 15) is 4.79 Å². The van der Waals surface area contributed by atoms with Crippen LogP contribution in [0.3, 0.4) is 0 Å². The van der Waals surface area contributed by atoms with Crippen LogP contribution in [0, 0.1) is 6.92 Å². The van der Waals surface area contributed by atoms with Gasteiger partial charge in [-0.25, -0.2) is 0 Å². The number of rotatable bonds is 9. The summed E-state index contributed by atoms with van der Waals surface area (Å²) in [5.74, 6) is 1.29. The van der Waals surface area contributed by atoms with E-state index < -0.39 is 6.04 Å². The quantitative estimate of drug-likeness (QED) is 0.724. The van der Waals surface area contributed by atoms with Crippen molar-refractivity contribution in [3.63, 3.8) is 0 Å². The van der Waals surface area contributed by atoms with Gasteiger partial charge in [0.15, 0.2) is 11.5 Å². The van der Waals surface area contributed by atoms with Crippen molar-refractivity contribution in [2.24, 2.45) is 5.73 Å². The molecular weight excluding hydrogens is 328 g/mol. The van der Waals surface area contributed by atoms with Crippen LogP contribution in [-0.4, -0.2) is 25.7 Å². The largest absolute Gasteiger partial charge is 0.490 e. The van der Waals surface area contributed by atoms with Gasteiger partial charge in [0.25, 0.3) is 0 Å². The van der Waals surface area contributed by atoms with E-state index in [-0.39, 0.29) is 5.91 Å². The van der Waals surface area contributed by atoms with Crippen molar-refractivity contribution in [1.82, 2.24) is 5.32 Å². The Morgan fingerprint density at radius 1 is 1.04 bits per heavy atom. The highest BCUT2D eigenvalue weighted by atomic mass is 16.5. The molecule has 0 saturated heterocycles. The van der Waals surface area contributed by atoms with Crippen LogP contribution in [0.15, 0.2) is 42.5 Å². The van der Waals surface area contributed by atoms with Gasteiger partial charge >= 0.3 is 0 Å². The molecule has 0 spiro atoms. The van der Waals surface area contributed by atoms with Crippen LogP contribution in [0.1, 0.15) is 36.6 Å². The van der Waals surface area contributed by atoms with Gasteiger partial charge in [0.1, 0.15) is 6.04 Å². The Labute approximate surface area is 155 Å². The second kappa shape index (κ2) is 9.82. The first-order valence-electron chi connectivity index (χ1n) is 9.03. The summed E-state index contributed by atoms with van der Waals surface area (Å²) in [4.78, 5) is 12.2. The average Bonchev–Trinajstić information content (AvgIpc) is 2.64. The zero-order valence-corrected chi connectivity index (χ0v) is 15.7. The first kappa shape index (κ1) is 19.8. The molecule has 5 nitrogen and oxygen atoms in total. The Bertz CT molecular complexity index is 714. The summed E-state index contributed by atoms with van der Waals surface area (Å²) in [7, 11) is 0. The van der Waals surface area contributed by atoms with Gasteiger partial charge in [-0.05, 0) is 50.5 Å². The predicted octanol–water partition coefficient (Wildman–Crippen LogP) is 3.15. The van der Waals surface area contributed by atoms with E-state index in [0.717, 1.165) is 28.2 Å². The second-order valence-electron chi connectivity index (χ2n) is 6.08. The monoisotopic (exact) mass is 356 g/mol. The molecule has 1 atom stereocenters. The average molecular weight is 356 g/mol. The summed E-state index contributed by atoms with van der Waals surface area (Å²) >= 11 is 0. The zero-order valence-electron chi connectivity index (χ0n) is 15.7. The van der Waals surface area contributed by atoms with Gasteiger partial charge in [0.05, 0.1) is 13.2 Å². The second-order valence-corrected chi connectivity index (χ2v) is 6.08. The van der Waals surface area contributed by atoms with Gasteiger partial charge in [-0.1, -0.05) is 35.9 Å². The Kier molecular flexibility index (Phi) is 7.48. The Balaban J connectivity index is 1.91. The lowest BCUT2D eigenvalue weighted by atomic mass is 10.1. The molecule has 0 saturated carbocycles.